The van der Waals surface area contributed by atoms with E-state index in [2.05, 4.69) is 0 Å². The van der Waals surface area contributed by atoms with Gasteiger partial charge in [0.1, 0.15) is 6.73 Å². The molecule has 1 aromatic heterocycles. The molecule has 0 amide bonds. The number of hydrogen-bond acceptors (Lipinski definition) is 3. The number of hydrogen-bond donors (Lipinski definition) is 1. The van der Waals surface area contributed by atoms with Crippen LogP contribution in [0.25, 0.3) is 0 Å². The van der Waals surface area contributed by atoms with Crippen LogP contribution in [0.2, 0.25) is 0 Å². The van der Waals surface area contributed by atoms with Crippen LogP contribution in [0.4, 0.5) is 4.39 Å². The molecule has 1 rings (SSSR count). The van der Waals surface area contributed by atoms with E-state index in [0.717, 1.165) is 23.6 Å². The molecule has 0 radical (unpaired) electrons. The average molecular weight is 216 g/mol. The highest BCUT2D eigenvalue weighted by atomic mass is 19.1. The Hall–Kier alpha value is -1.43. The number of rotatable bonds is 5. The summed E-state index contributed by atoms with van der Waals surface area (Å²) < 4.78 is 18.9. The molecule has 0 spiro atoms. The van der Waals surface area contributed by atoms with Crippen LogP contribution in [-0.4, -0.2) is 16.2 Å². The Morgan fingerprint density at radius 1 is 1.53 bits per heavy atom. The van der Waals surface area contributed by atoms with E-state index in [9.17, 15) is 14.0 Å². The first kappa shape index (κ1) is 11.6. The van der Waals surface area contributed by atoms with Gasteiger partial charge in [-0.25, -0.2) is 4.79 Å². The zero-order chi connectivity index (χ0) is 11.3. The monoisotopic (exact) mass is 216 g/mol. The fourth-order valence-electron chi connectivity index (χ4n) is 0.988. The van der Waals surface area contributed by atoms with Crippen molar-refractivity contribution in [3.05, 3.63) is 32.9 Å². The van der Waals surface area contributed by atoms with Crippen LogP contribution in [0, 0.1) is 5.82 Å². The Kier molecular flexibility index (Phi) is 4.23. The summed E-state index contributed by atoms with van der Waals surface area (Å²) in [6.07, 6.45) is 2.70. The van der Waals surface area contributed by atoms with E-state index in [1.54, 1.807) is 0 Å². The molecule has 0 bridgehead atoms. The van der Waals surface area contributed by atoms with Gasteiger partial charge < -0.3 is 4.74 Å². The Balaban J connectivity index is 2.66. The van der Waals surface area contributed by atoms with E-state index < -0.39 is 17.1 Å². The molecule has 0 atom stereocenters. The first-order valence-corrected chi connectivity index (χ1v) is 4.72. The molecule has 5 nitrogen and oxygen atoms in total. The largest absolute Gasteiger partial charge is 0.361 e. The summed E-state index contributed by atoms with van der Waals surface area (Å²) in [5.74, 6) is -0.992. The molecule has 0 aliphatic carbocycles. The van der Waals surface area contributed by atoms with Crippen LogP contribution in [0.15, 0.2) is 15.8 Å². The molecule has 0 aliphatic heterocycles. The molecule has 0 saturated heterocycles. The topological polar surface area (TPSA) is 64.1 Å². The van der Waals surface area contributed by atoms with Gasteiger partial charge in [-0.15, -0.1) is 0 Å². The molecule has 0 unspecified atom stereocenters. The van der Waals surface area contributed by atoms with Crippen molar-refractivity contribution in [1.29, 1.82) is 0 Å². The minimum absolute atomic E-state index is 0.0491. The SMILES string of the molecule is CCCCOCn1cc(F)c(=O)[nH]c1=O. The van der Waals surface area contributed by atoms with Crippen molar-refractivity contribution in [2.24, 2.45) is 0 Å². The third kappa shape index (κ3) is 3.32. The zero-order valence-corrected chi connectivity index (χ0v) is 8.46. The predicted molar refractivity (Wildman–Crippen MR) is 52.1 cm³/mol. The fourth-order valence-corrected chi connectivity index (χ4v) is 0.988. The second kappa shape index (κ2) is 5.45. The average Bonchev–Trinajstić information content (AvgIpc) is 2.20. The highest BCUT2D eigenvalue weighted by molar-refractivity contribution is 4.86. The van der Waals surface area contributed by atoms with Gasteiger partial charge in [-0.3, -0.25) is 14.3 Å². The van der Waals surface area contributed by atoms with Gasteiger partial charge in [0.15, 0.2) is 0 Å². The lowest BCUT2D eigenvalue weighted by atomic mass is 10.4. The Bertz CT molecular complexity index is 424. The molecule has 0 aromatic carbocycles. The van der Waals surface area contributed by atoms with E-state index in [1.165, 1.54) is 0 Å². The summed E-state index contributed by atoms with van der Waals surface area (Å²) in [7, 11) is 0. The first-order chi connectivity index (χ1) is 7.15. The van der Waals surface area contributed by atoms with E-state index in [-0.39, 0.29) is 6.73 Å². The van der Waals surface area contributed by atoms with Crippen LogP contribution in [-0.2, 0) is 11.5 Å². The lowest BCUT2D eigenvalue weighted by Gasteiger charge is -2.05. The third-order valence-corrected chi connectivity index (χ3v) is 1.84. The van der Waals surface area contributed by atoms with Crippen LogP contribution in [0.1, 0.15) is 19.8 Å². The van der Waals surface area contributed by atoms with Crippen molar-refractivity contribution in [2.75, 3.05) is 6.61 Å². The number of nitrogens with zero attached hydrogens (tertiary/aromatic N) is 1. The fraction of sp³-hybridized carbons (Fsp3) is 0.556. The maximum Gasteiger partial charge on any atom is 0.330 e. The smallest absolute Gasteiger partial charge is 0.330 e. The summed E-state index contributed by atoms with van der Waals surface area (Å²) in [4.78, 5) is 23.6. The number of H-pyrrole nitrogens is 1. The molecular weight excluding hydrogens is 203 g/mol. The van der Waals surface area contributed by atoms with Gasteiger partial charge in [-0.2, -0.15) is 4.39 Å². The predicted octanol–water partition coefficient (Wildman–Crippen LogP) is 0.450. The van der Waals surface area contributed by atoms with Gasteiger partial charge in [0.25, 0.3) is 5.56 Å². The number of nitrogens with one attached hydrogen (secondary N) is 1. The van der Waals surface area contributed by atoms with Crippen molar-refractivity contribution in [1.82, 2.24) is 9.55 Å². The Morgan fingerprint density at radius 3 is 2.93 bits per heavy atom. The lowest BCUT2D eigenvalue weighted by molar-refractivity contribution is 0.0708. The van der Waals surface area contributed by atoms with Gasteiger partial charge >= 0.3 is 5.69 Å². The van der Waals surface area contributed by atoms with Crippen molar-refractivity contribution < 1.29 is 9.13 Å². The molecule has 1 heterocycles. The summed E-state index contributed by atoms with van der Waals surface area (Å²) in [5.41, 5.74) is -1.68. The van der Waals surface area contributed by atoms with E-state index in [1.807, 2.05) is 11.9 Å². The second-order valence-electron chi connectivity index (χ2n) is 3.10. The first-order valence-electron chi connectivity index (χ1n) is 4.72. The van der Waals surface area contributed by atoms with Gasteiger partial charge in [0.2, 0.25) is 5.82 Å². The molecule has 1 aromatic rings. The minimum atomic E-state index is -1.01. The van der Waals surface area contributed by atoms with Crippen LogP contribution < -0.4 is 11.2 Å². The molecule has 84 valence electrons. The molecule has 6 heteroatoms. The molecule has 1 N–H and O–H groups in total. The van der Waals surface area contributed by atoms with Crippen molar-refractivity contribution >= 4 is 0 Å². The maximum absolute atomic E-state index is 12.8. The summed E-state index contributed by atoms with van der Waals surface area (Å²) >= 11 is 0. The number of aromatic amines is 1. The number of aromatic nitrogens is 2. The number of halogens is 1. The summed E-state index contributed by atoms with van der Waals surface area (Å²) in [5, 5.41) is 0. The summed E-state index contributed by atoms with van der Waals surface area (Å²) in [6, 6.07) is 0. The van der Waals surface area contributed by atoms with E-state index >= 15 is 0 Å². The molecule has 0 saturated carbocycles. The molecule has 0 aliphatic rings. The van der Waals surface area contributed by atoms with E-state index in [0.29, 0.717) is 6.61 Å². The summed E-state index contributed by atoms with van der Waals surface area (Å²) in [6.45, 7) is 2.46. The normalized spacial score (nSPS) is 10.5. The zero-order valence-electron chi connectivity index (χ0n) is 8.46. The van der Waals surface area contributed by atoms with Gasteiger partial charge in [0, 0.05) is 6.61 Å². The van der Waals surface area contributed by atoms with Crippen molar-refractivity contribution in [2.45, 2.75) is 26.5 Å². The number of unbranched alkanes of at least 4 members (excludes halogenated alkanes) is 1. The lowest BCUT2D eigenvalue weighted by Crippen LogP contribution is -2.32. The van der Waals surface area contributed by atoms with Crippen molar-refractivity contribution in [3.63, 3.8) is 0 Å². The Morgan fingerprint density at radius 2 is 2.27 bits per heavy atom. The number of ether oxygens (including phenoxy) is 1. The maximum atomic E-state index is 12.8. The van der Waals surface area contributed by atoms with Gasteiger partial charge in [0.05, 0.1) is 6.20 Å². The Labute approximate surface area is 85.5 Å². The van der Waals surface area contributed by atoms with Crippen LogP contribution >= 0.6 is 0 Å². The molecule has 15 heavy (non-hydrogen) atoms. The highest BCUT2D eigenvalue weighted by Gasteiger charge is 2.02. The van der Waals surface area contributed by atoms with E-state index in [4.69, 9.17) is 4.74 Å². The standard InChI is InChI=1S/C9H13FN2O3/c1-2-3-4-15-6-12-5-7(10)8(13)11-9(12)14/h5H,2-4,6H2,1H3,(H,11,13,14). The highest BCUT2D eigenvalue weighted by Crippen LogP contribution is 1.90. The second-order valence-corrected chi connectivity index (χ2v) is 3.10. The quantitative estimate of drug-likeness (QED) is 0.727. The van der Waals surface area contributed by atoms with Crippen LogP contribution in [0.5, 0.6) is 0 Å². The van der Waals surface area contributed by atoms with Gasteiger partial charge in [-0.1, -0.05) is 13.3 Å². The molecule has 0 fully saturated rings. The molecular formula is C9H13FN2O3. The van der Waals surface area contributed by atoms with Crippen LogP contribution in [0.3, 0.4) is 0 Å². The minimum Gasteiger partial charge on any atom is -0.361 e. The van der Waals surface area contributed by atoms with Gasteiger partial charge in [-0.05, 0) is 6.42 Å². The third-order valence-electron chi connectivity index (χ3n) is 1.84. The van der Waals surface area contributed by atoms with Crippen molar-refractivity contribution in [3.8, 4) is 0 Å².